The molecular formula is C13H13N4O2+. The van der Waals surface area contributed by atoms with Crippen molar-refractivity contribution in [1.82, 2.24) is 10.1 Å². The van der Waals surface area contributed by atoms with Crippen molar-refractivity contribution in [1.29, 1.82) is 0 Å². The van der Waals surface area contributed by atoms with Crippen molar-refractivity contribution < 1.29 is 13.7 Å². The first-order valence-corrected chi connectivity index (χ1v) is 5.88. The number of rotatable bonds is 2. The minimum Gasteiger partial charge on any atom is -0.361 e. The van der Waals surface area contributed by atoms with Crippen LogP contribution in [-0.4, -0.2) is 16.0 Å². The van der Waals surface area contributed by atoms with Gasteiger partial charge in [0, 0.05) is 6.07 Å². The Kier molecular flexibility index (Phi) is 2.56. The third kappa shape index (κ3) is 1.97. The highest BCUT2D eigenvalue weighted by Crippen LogP contribution is 2.14. The van der Waals surface area contributed by atoms with Gasteiger partial charge in [-0.3, -0.25) is 4.79 Å². The number of H-pyrrole nitrogens is 1. The first-order chi connectivity index (χ1) is 9.15. The lowest BCUT2D eigenvalue weighted by Gasteiger charge is -2.03. The van der Waals surface area contributed by atoms with Crippen LogP contribution in [0, 0.1) is 13.8 Å². The Labute approximate surface area is 109 Å². The molecule has 0 saturated carbocycles. The molecule has 96 valence electrons. The van der Waals surface area contributed by atoms with Crippen LogP contribution in [0.4, 0.5) is 5.69 Å². The van der Waals surface area contributed by atoms with E-state index in [2.05, 4.69) is 15.5 Å². The number of pyridine rings is 1. The first kappa shape index (κ1) is 11.5. The van der Waals surface area contributed by atoms with Gasteiger partial charge < -0.3 is 9.84 Å². The van der Waals surface area contributed by atoms with Crippen LogP contribution in [0.1, 0.15) is 21.8 Å². The zero-order valence-corrected chi connectivity index (χ0v) is 10.6. The van der Waals surface area contributed by atoms with Gasteiger partial charge in [-0.25, -0.2) is 9.38 Å². The van der Waals surface area contributed by atoms with Crippen molar-refractivity contribution in [3.05, 3.63) is 47.7 Å². The van der Waals surface area contributed by atoms with Crippen molar-refractivity contribution in [2.75, 3.05) is 5.32 Å². The third-order valence-electron chi connectivity index (χ3n) is 2.96. The Morgan fingerprint density at radius 3 is 3.00 bits per heavy atom. The number of fused-ring (bicyclic) bond motifs is 1. The van der Waals surface area contributed by atoms with Gasteiger partial charge >= 0.3 is 0 Å². The minimum absolute atomic E-state index is 0.216. The van der Waals surface area contributed by atoms with Gasteiger partial charge in [0.15, 0.2) is 0 Å². The number of aryl methyl sites for hydroxylation is 2. The van der Waals surface area contributed by atoms with E-state index in [0.717, 1.165) is 5.65 Å². The monoisotopic (exact) mass is 257 g/mol. The standard InChI is InChI=1S/C13H12N4O2/c1-8-12(9(2)19-16-8)13(18)15-10-3-4-11-14-5-6-17(11)7-10/h3-7H,1-2H3,(H,15,18)/p+1. The molecule has 2 N–H and O–H groups in total. The Morgan fingerprint density at radius 1 is 1.42 bits per heavy atom. The summed E-state index contributed by atoms with van der Waals surface area (Å²) in [5.74, 6) is 0.303. The topological polar surface area (TPSA) is 75.0 Å². The first-order valence-electron chi connectivity index (χ1n) is 5.88. The van der Waals surface area contributed by atoms with Crippen LogP contribution in [0.3, 0.4) is 0 Å². The normalized spacial score (nSPS) is 10.8. The molecule has 0 aliphatic heterocycles. The van der Waals surface area contributed by atoms with Crippen LogP contribution in [-0.2, 0) is 0 Å². The summed E-state index contributed by atoms with van der Waals surface area (Å²) in [4.78, 5) is 15.2. The second kappa shape index (κ2) is 4.24. The zero-order valence-electron chi connectivity index (χ0n) is 10.6. The quantitative estimate of drug-likeness (QED) is 0.685. The summed E-state index contributed by atoms with van der Waals surface area (Å²) in [6.45, 7) is 3.47. The summed E-state index contributed by atoms with van der Waals surface area (Å²) in [7, 11) is 0. The van der Waals surface area contributed by atoms with Gasteiger partial charge in [0.1, 0.15) is 29.9 Å². The van der Waals surface area contributed by atoms with E-state index in [1.807, 2.05) is 35.1 Å². The van der Waals surface area contributed by atoms with Crippen molar-refractivity contribution >= 4 is 17.2 Å². The van der Waals surface area contributed by atoms with Gasteiger partial charge in [-0.15, -0.1) is 0 Å². The molecule has 0 atom stereocenters. The summed E-state index contributed by atoms with van der Waals surface area (Å²) >= 11 is 0. The summed E-state index contributed by atoms with van der Waals surface area (Å²) in [5.41, 5.74) is 2.74. The number of nitrogens with zero attached hydrogens (tertiary/aromatic N) is 2. The average Bonchev–Trinajstić information content (AvgIpc) is 2.95. The predicted molar refractivity (Wildman–Crippen MR) is 67.9 cm³/mol. The number of carbonyl (C=O) groups is 1. The highest BCUT2D eigenvalue weighted by Gasteiger charge is 2.18. The lowest BCUT2D eigenvalue weighted by Crippen LogP contribution is -2.21. The average molecular weight is 257 g/mol. The van der Waals surface area contributed by atoms with Crippen molar-refractivity contribution in [2.45, 2.75) is 13.8 Å². The van der Waals surface area contributed by atoms with Crippen molar-refractivity contribution in [3.63, 3.8) is 0 Å². The maximum absolute atomic E-state index is 12.2. The fourth-order valence-corrected chi connectivity index (χ4v) is 2.04. The molecule has 0 aliphatic carbocycles. The van der Waals surface area contributed by atoms with Crippen LogP contribution in [0.25, 0.3) is 5.65 Å². The van der Waals surface area contributed by atoms with Gasteiger partial charge in [0.05, 0.1) is 11.4 Å². The summed E-state index contributed by atoms with van der Waals surface area (Å²) in [6.07, 6.45) is 5.54. The Hall–Kier alpha value is -2.63. The fraction of sp³-hybridized carbons (Fsp3) is 0.154. The van der Waals surface area contributed by atoms with Gasteiger partial charge in [-0.2, -0.15) is 0 Å². The van der Waals surface area contributed by atoms with Crippen LogP contribution in [0.2, 0.25) is 0 Å². The van der Waals surface area contributed by atoms with Crippen molar-refractivity contribution in [2.24, 2.45) is 0 Å². The number of nitrogens with one attached hydrogen (secondary N) is 2. The number of amides is 1. The molecule has 1 amide bonds. The number of aromatic nitrogens is 3. The highest BCUT2D eigenvalue weighted by atomic mass is 16.5. The van der Waals surface area contributed by atoms with Crippen LogP contribution >= 0.6 is 0 Å². The molecule has 19 heavy (non-hydrogen) atoms. The van der Waals surface area contributed by atoms with Crippen LogP contribution < -0.4 is 9.72 Å². The van der Waals surface area contributed by atoms with Gasteiger partial charge in [0.25, 0.3) is 11.6 Å². The molecule has 0 fully saturated rings. The molecule has 3 aromatic heterocycles. The van der Waals surface area contributed by atoms with Crippen LogP contribution in [0.15, 0.2) is 35.2 Å². The lowest BCUT2D eigenvalue weighted by atomic mass is 10.2. The predicted octanol–water partition coefficient (Wildman–Crippen LogP) is 1.61. The fourth-order valence-electron chi connectivity index (χ4n) is 2.04. The molecule has 0 radical (unpaired) electrons. The largest absolute Gasteiger partial charge is 0.361 e. The lowest BCUT2D eigenvalue weighted by molar-refractivity contribution is -0.509. The molecule has 3 rings (SSSR count). The summed E-state index contributed by atoms with van der Waals surface area (Å²) in [5, 5.41) is 6.61. The molecule has 6 heteroatoms. The molecule has 0 aromatic carbocycles. The van der Waals surface area contributed by atoms with Gasteiger partial charge in [-0.1, -0.05) is 5.16 Å². The highest BCUT2D eigenvalue weighted by molar-refractivity contribution is 6.05. The van der Waals surface area contributed by atoms with E-state index in [9.17, 15) is 4.79 Å². The molecule has 0 spiro atoms. The van der Waals surface area contributed by atoms with Gasteiger partial charge in [-0.05, 0) is 19.9 Å². The summed E-state index contributed by atoms with van der Waals surface area (Å²) in [6, 6.07) is 3.73. The number of imidazole rings is 1. The van der Waals surface area contributed by atoms with E-state index in [1.54, 1.807) is 13.8 Å². The van der Waals surface area contributed by atoms with E-state index in [4.69, 9.17) is 4.52 Å². The molecule has 3 heterocycles. The van der Waals surface area contributed by atoms with Crippen LogP contribution in [0.5, 0.6) is 0 Å². The maximum atomic E-state index is 12.2. The number of hydrogen-bond acceptors (Lipinski definition) is 3. The number of aromatic amines is 1. The summed E-state index contributed by atoms with van der Waals surface area (Å²) < 4.78 is 6.88. The number of hydrogen-bond donors (Lipinski definition) is 2. The van der Waals surface area contributed by atoms with E-state index in [0.29, 0.717) is 22.7 Å². The van der Waals surface area contributed by atoms with E-state index >= 15 is 0 Å². The second-order valence-electron chi connectivity index (χ2n) is 4.32. The molecule has 0 aliphatic rings. The Morgan fingerprint density at radius 2 is 2.26 bits per heavy atom. The number of carbonyl (C=O) groups excluding carboxylic acids is 1. The molecule has 0 bridgehead atoms. The molecule has 3 aromatic rings. The minimum atomic E-state index is -0.216. The molecule has 0 unspecified atom stereocenters. The van der Waals surface area contributed by atoms with E-state index in [1.165, 1.54) is 0 Å². The maximum Gasteiger partial charge on any atom is 0.284 e. The van der Waals surface area contributed by atoms with Crippen molar-refractivity contribution in [3.8, 4) is 0 Å². The van der Waals surface area contributed by atoms with E-state index in [-0.39, 0.29) is 5.91 Å². The van der Waals surface area contributed by atoms with Gasteiger partial charge in [0.2, 0.25) is 0 Å². The SMILES string of the molecule is Cc1noc(C)c1C(=O)Nc1ccc2[nH]cc[n+]2c1. The third-order valence-corrected chi connectivity index (χ3v) is 2.96. The molecule has 6 nitrogen and oxygen atoms in total. The Balaban J connectivity index is 1.90. The molecule has 0 saturated heterocycles. The Bertz CT molecular complexity index is 737. The second-order valence-corrected chi connectivity index (χ2v) is 4.32. The van der Waals surface area contributed by atoms with E-state index < -0.39 is 0 Å². The molecular weight excluding hydrogens is 244 g/mol. The number of anilines is 1. The zero-order chi connectivity index (χ0) is 13.4. The smallest absolute Gasteiger partial charge is 0.284 e.